The number of aliphatic imine (C=N–C) groups is 2. The fourth-order valence-electron chi connectivity index (χ4n) is 6.78. The van der Waals surface area contributed by atoms with E-state index >= 15 is 0 Å². The summed E-state index contributed by atoms with van der Waals surface area (Å²) < 4.78 is 8.80. The SMILES string of the molecule is C=C(N=C(N=C(C)c1ccc2c(c1)oc1ccccc12)c1ccc(-c2ccccc2)cc1)c1ccc(-c2cccc3c2sc2ccccc23)cc1. The lowest BCUT2D eigenvalue weighted by molar-refractivity contribution is 0.669. The van der Waals surface area contributed by atoms with Crippen LogP contribution < -0.4 is 0 Å². The van der Waals surface area contributed by atoms with Crippen LogP contribution in [0.4, 0.5) is 0 Å². The first-order valence-electron chi connectivity index (χ1n) is 17.0. The number of rotatable bonds is 6. The van der Waals surface area contributed by atoms with Crippen molar-refractivity contribution in [3.05, 3.63) is 187 Å². The van der Waals surface area contributed by atoms with Crippen molar-refractivity contribution >= 4 is 70.7 Å². The van der Waals surface area contributed by atoms with E-state index in [2.05, 4.69) is 146 Å². The summed E-state index contributed by atoms with van der Waals surface area (Å²) in [4.78, 5) is 10.2. The first-order chi connectivity index (χ1) is 25.1. The van der Waals surface area contributed by atoms with E-state index in [0.717, 1.165) is 55.5 Å². The Balaban J connectivity index is 1.08. The van der Waals surface area contributed by atoms with Gasteiger partial charge >= 0.3 is 0 Å². The van der Waals surface area contributed by atoms with Gasteiger partial charge in [0.25, 0.3) is 0 Å². The van der Waals surface area contributed by atoms with E-state index < -0.39 is 0 Å². The lowest BCUT2D eigenvalue weighted by Gasteiger charge is -2.09. The van der Waals surface area contributed by atoms with E-state index in [4.69, 9.17) is 14.4 Å². The summed E-state index contributed by atoms with van der Waals surface area (Å²) >= 11 is 1.84. The Morgan fingerprint density at radius 2 is 1.14 bits per heavy atom. The maximum atomic E-state index is 6.19. The topological polar surface area (TPSA) is 37.9 Å². The van der Waals surface area contributed by atoms with Crippen LogP contribution in [0.15, 0.2) is 185 Å². The predicted octanol–water partition coefficient (Wildman–Crippen LogP) is 13.2. The highest BCUT2D eigenvalue weighted by molar-refractivity contribution is 7.26. The Hall–Kier alpha value is -6.36. The van der Waals surface area contributed by atoms with Crippen molar-refractivity contribution in [1.82, 2.24) is 0 Å². The van der Waals surface area contributed by atoms with Gasteiger partial charge in [-0.15, -0.1) is 11.3 Å². The van der Waals surface area contributed by atoms with Crippen molar-refractivity contribution in [2.24, 2.45) is 9.98 Å². The number of benzene rings is 7. The van der Waals surface area contributed by atoms with E-state index in [1.165, 1.54) is 31.3 Å². The number of thiophene rings is 1. The summed E-state index contributed by atoms with van der Waals surface area (Å²) in [6.45, 7) is 6.43. The Bertz CT molecular complexity index is 2800. The number of hydrogen-bond acceptors (Lipinski definition) is 3. The molecule has 3 nitrogen and oxygen atoms in total. The molecule has 0 N–H and O–H groups in total. The van der Waals surface area contributed by atoms with E-state index in [9.17, 15) is 0 Å². The minimum absolute atomic E-state index is 0.598. The molecule has 9 aromatic rings. The Kier molecular flexibility index (Phi) is 7.72. The monoisotopic (exact) mass is 672 g/mol. The molecule has 0 aliphatic carbocycles. The molecular formula is C47H32N2OS. The highest BCUT2D eigenvalue weighted by Crippen LogP contribution is 2.40. The molecule has 242 valence electrons. The molecule has 0 amide bonds. The Labute approximate surface area is 300 Å². The number of fused-ring (bicyclic) bond motifs is 6. The molecule has 2 heterocycles. The van der Waals surface area contributed by atoms with Crippen molar-refractivity contribution in [2.45, 2.75) is 6.92 Å². The van der Waals surface area contributed by atoms with Crippen molar-refractivity contribution < 1.29 is 4.42 Å². The Morgan fingerprint density at radius 3 is 1.96 bits per heavy atom. The van der Waals surface area contributed by atoms with Crippen molar-refractivity contribution in [1.29, 1.82) is 0 Å². The van der Waals surface area contributed by atoms with Gasteiger partial charge < -0.3 is 4.42 Å². The van der Waals surface area contributed by atoms with Gasteiger partial charge in [-0.2, -0.15) is 0 Å². The average Bonchev–Trinajstić information content (AvgIpc) is 3.76. The van der Waals surface area contributed by atoms with Gasteiger partial charge in [-0.1, -0.05) is 146 Å². The fourth-order valence-corrected chi connectivity index (χ4v) is 8.02. The second-order valence-corrected chi connectivity index (χ2v) is 13.7. The van der Waals surface area contributed by atoms with Crippen LogP contribution in [0.25, 0.3) is 70.1 Å². The largest absolute Gasteiger partial charge is 0.456 e. The van der Waals surface area contributed by atoms with Gasteiger partial charge in [0.2, 0.25) is 0 Å². The quantitative estimate of drug-likeness (QED) is 0.128. The lowest BCUT2D eigenvalue weighted by Crippen LogP contribution is -2.04. The number of amidine groups is 1. The molecule has 0 unspecified atom stereocenters. The molecule has 9 rings (SSSR count). The smallest absolute Gasteiger partial charge is 0.160 e. The zero-order valence-corrected chi connectivity index (χ0v) is 28.8. The molecule has 7 aromatic carbocycles. The summed E-state index contributed by atoms with van der Waals surface area (Å²) in [5.41, 5.74) is 10.7. The molecule has 0 saturated heterocycles. The summed E-state index contributed by atoms with van der Waals surface area (Å²) in [6, 6.07) is 56.9. The molecule has 0 bridgehead atoms. The summed E-state index contributed by atoms with van der Waals surface area (Å²) in [6.07, 6.45) is 0. The van der Waals surface area contributed by atoms with Gasteiger partial charge in [-0.3, -0.25) is 0 Å². The van der Waals surface area contributed by atoms with Crippen molar-refractivity contribution in [3.63, 3.8) is 0 Å². The molecule has 0 spiro atoms. The highest BCUT2D eigenvalue weighted by atomic mass is 32.1. The molecule has 51 heavy (non-hydrogen) atoms. The molecule has 2 aromatic heterocycles. The van der Waals surface area contributed by atoms with Gasteiger partial charge in [0, 0.05) is 42.2 Å². The van der Waals surface area contributed by atoms with Crippen LogP contribution >= 0.6 is 11.3 Å². The molecular weight excluding hydrogens is 641 g/mol. The highest BCUT2D eigenvalue weighted by Gasteiger charge is 2.13. The zero-order chi connectivity index (χ0) is 34.3. The van der Waals surface area contributed by atoms with Gasteiger partial charge in [0.05, 0.1) is 5.70 Å². The zero-order valence-electron chi connectivity index (χ0n) is 28.0. The van der Waals surface area contributed by atoms with Gasteiger partial charge in [-0.25, -0.2) is 9.98 Å². The first-order valence-corrected chi connectivity index (χ1v) is 17.8. The second-order valence-electron chi connectivity index (χ2n) is 12.7. The third kappa shape index (κ3) is 5.76. The third-order valence-corrected chi connectivity index (χ3v) is 10.7. The van der Waals surface area contributed by atoms with Crippen LogP contribution in [0, 0.1) is 0 Å². The van der Waals surface area contributed by atoms with E-state index in [1.54, 1.807) is 0 Å². The van der Waals surface area contributed by atoms with Crippen LogP contribution in [0.2, 0.25) is 0 Å². The molecule has 0 atom stereocenters. The van der Waals surface area contributed by atoms with Gasteiger partial charge in [-0.05, 0) is 64.6 Å². The van der Waals surface area contributed by atoms with Crippen molar-refractivity contribution in [2.75, 3.05) is 0 Å². The first kappa shape index (κ1) is 30.7. The normalized spacial score (nSPS) is 12.3. The van der Waals surface area contributed by atoms with E-state index in [0.29, 0.717) is 11.5 Å². The number of hydrogen-bond donors (Lipinski definition) is 0. The minimum atomic E-state index is 0.598. The second kappa shape index (κ2) is 12.8. The maximum absolute atomic E-state index is 6.19. The van der Waals surface area contributed by atoms with Gasteiger partial charge in [0.15, 0.2) is 5.84 Å². The maximum Gasteiger partial charge on any atom is 0.160 e. The number of para-hydroxylation sites is 1. The van der Waals surface area contributed by atoms with E-state index in [1.807, 2.05) is 42.5 Å². The van der Waals surface area contributed by atoms with Crippen LogP contribution in [-0.2, 0) is 0 Å². The molecule has 0 radical (unpaired) electrons. The number of furan rings is 1. The third-order valence-electron chi connectivity index (χ3n) is 9.49. The van der Waals surface area contributed by atoms with Crippen LogP contribution in [0.3, 0.4) is 0 Å². The summed E-state index contributed by atoms with van der Waals surface area (Å²) in [7, 11) is 0. The van der Waals surface area contributed by atoms with Crippen LogP contribution in [-0.4, -0.2) is 11.5 Å². The summed E-state index contributed by atoms with van der Waals surface area (Å²) in [5, 5.41) is 4.79. The average molecular weight is 673 g/mol. The lowest BCUT2D eigenvalue weighted by atomic mass is 10.0. The van der Waals surface area contributed by atoms with Gasteiger partial charge in [0.1, 0.15) is 11.2 Å². The fraction of sp³-hybridized carbons (Fsp3) is 0.0213. The summed E-state index contributed by atoms with van der Waals surface area (Å²) in [5.74, 6) is 0.598. The van der Waals surface area contributed by atoms with Crippen molar-refractivity contribution in [3.8, 4) is 22.3 Å². The standard InChI is InChI=1S/C47H32N2OS/c1-30(32-19-23-35(24-20-32)38-15-10-16-42-41-14-7-9-18-45(41)51-46(38)42)48-47(36-25-21-34(22-26-36)33-11-4-3-5-12-33)49-31(2)37-27-28-40-39-13-6-8-17-43(39)50-44(40)29-37/h3-29H,1H2,2H3. The molecule has 0 aliphatic rings. The molecule has 0 fully saturated rings. The van der Waals surface area contributed by atoms with Crippen LogP contribution in [0.5, 0.6) is 0 Å². The van der Waals surface area contributed by atoms with Crippen LogP contribution in [0.1, 0.15) is 23.6 Å². The minimum Gasteiger partial charge on any atom is -0.456 e. The Morgan fingerprint density at radius 1 is 0.510 bits per heavy atom. The molecule has 4 heteroatoms. The number of nitrogens with zero attached hydrogens (tertiary/aromatic N) is 2. The molecule has 0 saturated carbocycles. The van der Waals surface area contributed by atoms with E-state index in [-0.39, 0.29) is 0 Å². The molecule has 0 aliphatic heterocycles. The predicted molar refractivity (Wildman–Crippen MR) is 218 cm³/mol.